The number of hydrogen-bond acceptors (Lipinski definition) is 10. The number of carboxylic acids is 2. The minimum Gasteiger partial charge on any atom is -0.480 e. The van der Waals surface area contributed by atoms with E-state index in [-0.39, 0.29) is 59.4 Å². The van der Waals surface area contributed by atoms with E-state index in [0.29, 0.717) is 36.3 Å². The molecule has 0 aromatic rings. The summed E-state index contributed by atoms with van der Waals surface area (Å²) >= 11 is 1.46. The Morgan fingerprint density at radius 3 is 2.43 bits per heavy atom. The van der Waals surface area contributed by atoms with E-state index in [4.69, 9.17) is 25.4 Å². The summed E-state index contributed by atoms with van der Waals surface area (Å²) < 4.78 is 11.6. The lowest BCUT2D eigenvalue weighted by Gasteiger charge is -2.44. The molecule has 1 amide bonds. The molecule has 1 heterocycles. The summed E-state index contributed by atoms with van der Waals surface area (Å²) in [6.45, 7) is 14.3. The number of aliphatic hydroxyl groups excluding tert-OH is 1. The van der Waals surface area contributed by atoms with Crippen molar-refractivity contribution >= 4 is 41.5 Å². The number of carbonyl (C=O) groups excluding carboxylic acids is 3. The lowest BCUT2D eigenvalue weighted by Crippen LogP contribution is -2.43. The van der Waals surface area contributed by atoms with E-state index in [1.807, 2.05) is 34.6 Å². The average Bonchev–Trinajstić information content (AvgIpc) is 3.74. The largest absolute Gasteiger partial charge is 0.480 e. The molecule has 12 nitrogen and oxygen atoms in total. The molecular formula is C41H64N2O10S. The number of ether oxygens (including phenoxy) is 2. The summed E-state index contributed by atoms with van der Waals surface area (Å²) in [5, 5.41) is 30.2. The number of carbonyl (C=O) groups is 5. The Morgan fingerprint density at radius 2 is 1.83 bits per heavy atom. The molecule has 4 aliphatic rings. The van der Waals surface area contributed by atoms with Gasteiger partial charge in [0.05, 0.1) is 17.9 Å². The Kier molecular flexibility index (Phi) is 16.9. The zero-order chi connectivity index (χ0) is 40.4. The Morgan fingerprint density at radius 1 is 1.15 bits per heavy atom. The summed E-state index contributed by atoms with van der Waals surface area (Å²) in [5.74, 6) is -0.590. The van der Waals surface area contributed by atoms with Gasteiger partial charge in [0.25, 0.3) is 0 Å². The third-order valence-electron chi connectivity index (χ3n) is 11.4. The fourth-order valence-corrected chi connectivity index (χ4v) is 8.25. The molecular weight excluding hydrogens is 713 g/mol. The van der Waals surface area contributed by atoms with Gasteiger partial charge in [-0.15, -0.1) is 0 Å². The van der Waals surface area contributed by atoms with Crippen LogP contribution in [0.3, 0.4) is 0 Å². The Labute approximate surface area is 325 Å². The number of hydrogen-bond donors (Lipinski definition) is 5. The summed E-state index contributed by atoms with van der Waals surface area (Å²) in [7, 11) is 0. The number of carboxylic acid groups (broad SMARTS) is 2. The zero-order valence-electron chi connectivity index (χ0n) is 33.2. The second-order valence-electron chi connectivity index (χ2n) is 16.9. The fourth-order valence-electron chi connectivity index (χ4n) is 7.28. The SMILES string of the molecule is CC1(C)C[C@@H]1C(=O)N/C(=C\CCCCSC[C@H](N)C(=O)O)C(=O)O.CCC(C)(C)C(=O)O[C@H]1C[C@@H](C)C=C2C=C[C@H](C)[C@H](CC[C@@H]3C[C@@H](O)CC(=O)O3)[C@H]21. The summed E-state index contributed by atoms with van der Waals surface area (Å²) in [4.78, 5) is 58.3. The van der Waals surface area contributed by atoms with Gasteiger partial charge < -0.3 is 35.8 Å². The van der Waals surface area contributed by atoms with E-state index in [1.165, 1.54) is 23.4 Å². The van der Waals surface area contributed by atoms with Gasteiger partial charge in [-0.2, -0.15) is 11.8 Å². The van der Waals surface area contributed by atoms with Crippen molar-refractivity contribution in [3.05, 3.63) is 35.6 Å². The molecule has 54 heavy (non-hydrogen) atoms. The Balaban J connectivity index is 0.000000299. The van der Waals surface area contributed by atoms with Gasteiger partial charge in [0.2, 0.25) is 5.91 Å². The van der Waals surface area contributed by atoms with Crippen LogP contribution < -0.4 is 11.1 Å². The van der Waals surface area contributed by atoms with Gasteiger partial charge in [-0.25, -0.2) is 4.79 Å². The second-order valence-corrected chi connectivity index (χ2v) is 18.1. The highest BCUT2D eigenvalue weighted by Crippen LogP contribution is 2.51. The monoisotopic (exact) mass is 776 g/mol. The summed E-state index contributed by atoms with van der Waals surface area (Å²) in [5.41, 5.74) is 6.07. The maximum atomic E-state index is 12.9. The summed E-state index contributed by atoms with van der Waals surface area (Å²) in [6.07, 6.45) is 14.1. The zero-order valence-corrected chi connectivity index (χ0v) is 34.0. The van der Waals surface area contributed by atoms with E-state index in [1.54, 1.807) is 0 Å². The Bertz CT molecular complexity index is 1440. The summed E-state index contributed by atoms with van der Waals surface area (Å²) in [6, 6.07) is -0.851. The van der Waals surface area contributed by atoms with Crippen LogP contribution in [0.4, 0.5) is 0 Å². The van der Waals surface area contributed by atoms with E-state index >= 15 is 0 Å². The number of nitrogens with one attached hydrogen (secondary N) is 1. The molecule has 6 N–H and O–H groups in total. The second kappa shape index (κ2) is 20.1. The molecule has 2 fully saturated rings. The maximum absolute atomic E-state index is 12.9. The standard InChI is InChI=1S/C25H38O5.C16H26N2O5S/c1-6-25(4,5)24(28)30-21-12-15(2)11-17-8-7-16(3)20(23(17)21)10-9-19-13-18(26)14-22(27)29-19;1-16(2)8-10(16)13(19)18-12(15(22)23)6-4-3-5-7-24-9-11(17)14(20)21/h7-8,11,15-16,18-21,23,26H,6,9-10,12-14H2,1-5H3;6,10-11H,3-5,7-9,17H2,1-2H3,(H,18,19)(H,20,21)(H,22,23)/b;12-6-/t15-,16-,18+,19+,20-,21-,23-;10-,11+/m01/s1. The molecule has 0 radical (unpaired) electrons. The van der Waals surface area contributed by atoms with E-state index in [0.717, 1.165) is 50.7 Å². The van der Waals surface area contributed by atoms with Crippen LogP contribution in [0.25, 0.3) is 0 Å². The number of nitrogens with two attached hydrogens (primary N) is 1. The van der Waals surface area contributed by atoms with Gasteiger partial charge in [-0.1, -0.05) is 58.9 Å². The molecule has 304 valence electrons. The molecule has 0 spiro atoms. The smallest absolute Gasteiger partial charge is 0.352 e. The van der Waals surface area contributed by atoms with Crippen LogP contribution in [0.2, 0.25) is 0 Å². The third kappa shape index (κ3) is 13.5. The molecule has 0 aromatic heterocycles. The number of allylic oxidation sites excluding steroid dienone is 4. The van der Waals surface area contributed by atoms with Crippen LogP contribution in [0.15, 0.2) is 35.6 Å². The highest BCUT2D eigenvalue weighted by atomic mass is 32.2. The van der Waals surface area contributed by atoms with Gasteiger partial charge >= 0.3 is 23.9 Å². The Hall–Kier alpha value is -3.16. The molecule has 0 aromatic carbocycles. The van der Waals surface area contributed by atoms with Crippen LogP contribution in [-0.2, 0) is 33.4 Å². The van der Waals surface area contributed by atoms with E-state index in [9.17, 15) is 29.1 Å². The number of unbranched alkanes of at least 4 members (excludes halogenated alkanes) is 2. The predicted molar refractivity (Wildman–Crippen MR) is 208 cm³/mol. The van der Waals surface area contributed by atoms with Crippen molar-refractivity contribution < 1.29 is 48.8 Å². The topological polar surface area (TPSA) is 203 Å². The van der Waals surface area contributed by atoms with E-state index < -0.39 is 29.5 Å². The number of amides is 1. The van der Waals surface area contributed by atoms with Gasteiger partial charge in [-0.05, 0) is 99.7 Å². The number of esters is 2. The van der Waals surface area contributed by atoms with Crippen LogP contribution in [0.5, 0.6) is 0 Å². The molecule has 1 saturated carbocycles. The van der Waals surface area contributed by atoms with Crippen molar-refractivity contribution in [2.24, 2.45) is 46.2 Å². The lowest BCUT2D eigenvalue weighted by atomic mass is 9.65. The number of fused-ring (bicyclic) bond motifs is 1. The fraction of sp³-hybridized carbons (Fsp3) is 0.732. The van der Waals surface area contributed by atoms with Gasteiger partial charge in [-0.3, -0.25) is 19.2 Å². The highest BCUT2D eigenvalue weighted by Gasteiger charge is 2.51. The van der Waals surface area contributed by atoms with Crippen LogP contribution in [-0.4, -0.2) is 81.0 Å². The van der Waals surface area contributed by atoms with Crippen molar-refractivity contribution in [2.75, 3.05) is 11.5 Å². The van der Waals surface area contributed by atoms with Crippen LogP contribution >= 0.6 is 11.8 Å². The highest BCUT2D eigenvalue weighted by molar-refractivity contribution is 7.99. The molecule has 0 bridgehead atoms. The molecule has 0 unspecified atom stereocenters. The lowest BCUT2D eigenvalue weighted by molar-refractivity contribution is -0.166. The van der Waals surface area contributed by atoms with Crippen molar-refractivity contribution in [2.45, 2.75) is 137 Å². The number of rotatable bonds is 17. The van der Waals surface area contributed by atoms with E-state index in [2.05, 4.69) is 37.4 Å². The first kappa shape index (κ1) is 45.2. The number of thioether (sulfide) groups is 1. The van der Waals surface area contributed by atoms with Crippen molar-refractivity contribution in [3.63, 3.8) is 0 Å². The molecule has 1 saturated heterocycles. The van der Waals surface area contributed by atoms with Gasteiger partial charge in [0.15, 0.2) is 0 Å². The van der Waals surface area contributed by atoms with Crippen molar-refractivity contribution in [1.29, 1.82) is 0 Å². The van der Waals surface area contributed by atoms with Crippen LogP contribution in [0, 0.1) is 40.4 Å². The first-order valence-corrected chi connectivity index (χ1v) is 20.7. The quantitative estimate of drug-likeness (QED) is 0.0654. The third-order valence-corrected chi connectivity index (χ3v) is 12.5. The number of cyclic esters (lactones) is 1. The molecule has 4 rings (SSSR count). The molecule has 1 aliphatic heterocycles. The average molecular weight is 777 g/mol. The molecule has 3 aliphatic carbocycles. The van der Waals surface area contributed by atoms with Gasteiger partial charge in [0.1, 0.15) is 23.9 Å². The minimum absolute atomic E-state index is 0.0400. The van der Waals surface area contributed by atoms with Gasteiger partial charge in [0, 0.05) is 24.0 Å². The van der Waals surface area contributed by atoms with Crippen LogP contribution in [0.1, 0.15) is 113 Å². The predicted octanol–water partition coefficient (Wildman–Crippen LogP) is 6.02. The number of aliphatic hydroxyl groups is 1. The normalized spacial score (nSPS) is 29.3. The minimum atomic E-state index is -1.14. The first-order valence-electron chi connectivity index (χ1n) is 19.5. The molecule has 13 heteroatoms. The van der Waals surface area contributed by atoms with Crippen molar-refractivity contribution in [3.8, 4) is 0 Å². The molecule has 9 atom stereocenters. The first-order chi connectivity index (χ1) is 25.2. The van der Waals surface area contributed by atoms with Crippen molar-refractivity contribution in [1.82, 2.24) is 5.32 Å². The maximum Gasteiger partial charge on any atom is 0.352 e. The number of aliphatic carboxylic acids is 2.